The lowest BCUT2D eigenvalue weighted by Crippen LogP contribution is -2.52. The molecule has 2 aromatic rings. The zero-order valence-corrected chi connectivity index (χ0v) is 14.5. The maximum Gasteiger partial charge on any atom is 0.328 e. The van der Waals surface area contributed by atoms with Gasteiger partial charge < -0.3 is 9.84 Å². The largest absolute Gasteiger partial charge is 0.508 e. The third-order valence-electron chi connectivity index (χ3n) is 4.06. The fourth-order valence-electron chi connectivity index (χ4n) is 2.93. The summed E-state index contributed by atoms with van der Waals surface area (Å²) in [6.07, 6.45) is 0. The van der Waals surface area contributed by atoms with Crippen molar-refractivity contribution in [2.24, 2.45) is 0 Å². The van der Waals surface area contributed by atoms with Gasteiger partial charge in [0.25, 0.3) is 0 Å². The Bertz CT molecular complexity index is 730. The number of halogens is 1. The maximum atomic E-state index is 12.4. The van der Waals surface area contributed by atoms with Crippen LogP contribution in [0, 0.1) is 0 Å². The predicted octanol–water partition coefficient (Wildman–Crippen LogP) is 3.86. The number of rotatable bonds is 2. The molecule has 1 aliphatic rings. The highest BCUT2D eigenvalue weighted by Gasteiger charge is 2.44. The van der Waals surface area contributed by atoms with Crippen LogP contribution in [-0.2, 0) is 9.53 Å². The molecule has 0 aromatic heterocycles. The van der Waals surface area contributed by atoms with Gasteiger partial charge in [-0.2, -0.15) is 0 Å². The first-order chi connectivity index (χ1) is 10.9. The Kier molecular flexibility index (Phi) is 4.17. The van der Waals surface area contributed by atoms with Gasteiger partial charge in [0.05, 0.1) is 6.04 Å². The minimum atomic E-state index is -0.717. The number of hydrogen-bond donors (Lipinski definition) is 2. The summed E-state index contributed by atoms with van der Waals surface area (Å²) in [6, 6.07) is 14.0. The summed E-state index contributed by atoms with van der Waals surface area (Å²) >= 11 is 3.37. The van der Waals surface area contributed by atoms with Crippen LogP contribution in [0.5, 0.6) is 5.75 Å². The number of cyclic esters (lactones) is 1. The van der Waals surface area contributed by atoms with E-state index in [4.69, 9.17) is 4.74 Å². The van der Waals surface area contributed by atoms with E-state index in [1.807, 2.05) is 44.2 Å². The minimum Gasteiger partial charge on any atom is -0.508 e. The third-order valence-corrected chi connectivity index (χ3v) is 4.55. The molecule has 4 nitrogen and oxygen atoms in total. The zero-order valence-electron chi connectivity index (χ0n) is 12.9. The SMILES string of the molecule is CC1(C)OC(=O)[C@H](c2cc(Br)ccc2O)N[C@@H]1c1ccccc1. The third kappa shape index (κ3) is 3.12. The van der Waals surface area contributed by atoms with Crippen molar-refractivity contribution in [2.45, 2.75) is 31.5 Å². The number of ether oxygens (including phenoxy) is 1. The topological polar surface area (TPSA) is 58.6 Å². The Morgan fingerprint density at radius 1 is 1.17 bits per heavy atom. The lowest BCUT2D eigenvalue weighted by molar-refractivity contribution is -0.172. The van der Waals surface area contributed by atoms with Crippen LogP contribution in [0.15, 0.2) is 53.0 Å². The molecule has 0 radical (unpaired) electrons. The van der Waals surface area contributed by atoms with Crippen molar-refractivity contribution in [1.29, 1.82) is 0 Å². The van der Waals surface area contributed by atoms with Crippen LogP contribution in [0.3, 0.4) is 0 Å². The molecular weight excluding hydrogens is 358 g/mol. The highest BCUT2D eigenvalue weighted by atomic mass is 79.9. The fourth-order valence-corrected chi connectivity index (χ4v) is 3.31. The Morgan fingerprint density at radius 3 is 2.57 bits per heavy atom. The van der Waals surface area contributed by atoms with Gasteiger partial charge in [0, 0.05) is 10.0 Å². The van der Waals surface area contributed by atoms with Crippen molar-refractivity contribution in [3.05, 3.63) is 64.1 Å². The van der Waals surface area contributed by atoms with E-state index in [9.17, 15) is 9.90 Å². The van der Waals surface area contributed by atoms with E-state index >= 15 is 0 Å². The Hall–Kier alpha value is -1.85. The molecule has 0 saturated carbocycles. The molecular formula is C18H18BrNO3. The molecule has 2 atom stereocenters. The number of phenolic OH excluding ortho intramolecular Hbond substituents is 1. The average molecular weight is 376 g/mol. The molecule has 120 valence electrons. The van der Waals surface area contributed by atoms with Gasteiger partial charge in [-0.05, 0) is 37.6 Å². The highest BCUT2D eigenvalue weighted by molar-refractivity contribution is 9.10. The van der Waals surface area contributed by atoms with Gasteiger partial charge in [-0.3, -0.25) is 5.32 Å². The average Bonchev–Trinajstić information content (AvgIpc) is 2.50. The van der Waals surface area contributed by atoms with Gasteiger partial charge in [-0.25, -0.2) is 4.79 Å². The van der Waals surface area contributed by atoms with Crippen LogP contribution in [0.2, 0.25) is 0 Å². The van der Waals surface area contributed by atoms with Crippen molar-refractivity contribution in [3.8, 4) is 5.75 Å². The normalized spacial score (nSPS) is 23.3. The molecule has 2 N–H and O–H groups in total. The van der Waals surface area contributed by atoms with Gasteiger partial charge >= 0.3 is 5.97 Å². The lowest BCUT2D eigenvalue weighted by atomic mass is 9.88. The molecule has 1 fully saturated rings. The zero-order chi connectivity index (χ0) is 16.6. The molecule has 1 aliphatic heterocycles. The van der Waals surface area contributed by atoms with E-state index in [0.717, 1.165) is 10.0 Å². The van der Waals surface area contributed by atoms with Gasteiger partial charge in [-0.1, -0.05) is 46.3 Å². The van der Waals surface area contributed by atoms with Gasteiger partial charge in [0.1, 0.15) is 17.4 Å². The highest BCUT2D eigenvalue weighted by Crippen LogP contribution is 2.39. The van der Waals surface area contributed by atoms with E-state index in [2.05, 4.69) is 21.2 Å². The summed E-state index contributed by atoms with van der Waals surface area (Å²) in [5.41, 5.74) is 0.849. The van der Waals surface area contributed by atoms with Crippen molar-refractivity contribution in [2.75, 3.05) is 0 Å². The number of carbonyl (C=O) groups excluding carboxylic acids is 1. The van der Waals surface area contributed by atoms with Gasteiger partial charge in [0.15, 0.2) is 0 Å². The first-order valence-corrected chi connectivity index (χ1v) is 8.20. The Labute approximate surface area is 143 Å². The number of esters is 1. The number of benzene rings is 2. The van der Waals surface area contributed by atoms with Crippen LogP contribution in [-0.4, -0.2) is 16.7 Å². The van der Waals surface area contributed by atoms with Gasteiger partial charge in [-0.15, -0.1) is 0 Å². The van der Waals surface area contributed by atoms with Crippen LogP contribution < -0.4 is 5.32 Å². The molecule has 0 spiro atoms. The second kappa shape index (κ2) is 5.98. The standard InChI is InChI=1S/C18H18BrNO3/c1-18(2)16(11-6-4-3-5-7-11)20-15(17(22)23-18)13-10-12(19)8-9-14(13)21/h3-10,15-16,20-21H,1-2H3/t15-,16+/m0/s1. The summed E-state index contributed by atoms with van der Waals surface area (Å²) < 4.78 is 6.47. The van der Waals surface area contributed by atoms with Crippen LogP contribution in [0.1, 0.15) is 37.1 Å². The molecule has 0 amide bonds. The number of hydrogen-bond acceptors (Lipinski definition) is 4. The summed E-state index contributed by atoms with van der Waals surface area (Å²) in [5.74, 6) is -0.329. The molecule has 1 saturated heterocycles. The van der Waals surface area contributed by atoms with Crippen molar-refractivity contribution >= 4 is 21.9 Å². The maximum absolute atomic E-state index is 12.4. The molecule has 23 heavy (non-hydrogen) atoms. The van der Waals surface area contributed by atoms with E-state index in [1.165, 1.54) is 0 Å². The summed E-state index contributed by atoms with van der Waals surface area (Å²) in [4.78, 5) is 12.4. The molecule has 0 aliphatic carbocycles. The number of aromatic hydroxyl groups is 1. The van der Waals surface area contributed by atoms with Crippen molar-refractivity contribution < 1.29 is 14.6 Å². The summed E-state index contributed by atoms with van der Waals surface area (Å²) in [7, 11) is 0. The molecule has 5 heteroatoms. The molecule has 3 rings (SSSR count). The summed E-state index contributed by atoms with van der Waals surface area (Å²) in [5, 5.41) is 13.5. The number of carbonyl (C=O) groups is 1. The van der Waals surface area contributed by atoms with Crippen LogP contribution in [0.25, 0.3) is 0 Å². The van der Waals surface area contributed by atoms with Crippen molar-refractivity contribution in [1.82, 2.24) is 5.32 Å². The van der Waals surface area contributed by atoms with Gasteiger partial charge in [0.2, 0.25) is 0 Å². The second-order valence-electron chi connectivity index (χ2n) is 6.17. The number of nitrogens with one attached hydrogen (secondary N) is 1. The van der Waals surface area contributed by atoms with E-state index in [-0.39, 0.29) is 11.8 Å². The number of phenols is 1. The Morgan fingerprint density at radius 2 is 1.87 bits per heavy atom. The molecule has 0 unspecified atom stereocenters. The number of morpholine rings is 1. The molecule has 2 aromatic carbocycles. The van der Waals surface area contributed by atoms with Crippen LogP contribution >= 0.6 is 15.9 Å². The van der Waals surface area contributed by atoms with Crippen LogP contribution in [0.4, 0.5) is 0 Å². The van der Waals surface area contributed by atoms with Crippen molar-refractivity contribution in [3.63, 3.8) is 0 Å². The van der Waals surface area contributed by atoms with E-state index in [0.29, 0.717) is 5.56 Å². The summed E-state index contributed by atoms with van der Waals surface area (Å²) in [6.45, 7) is 3.76. The lowest BCUT2D eigenvalue weighted by Gasteiger charge is -2.42. The molecule has 0 bridgehead atoms. The Balaban J connectivity index is 2.00. The minimum absolute atomic E-state index is 0.0640. The smallest absolute Gasteiger partial charge is 0.328 e. The first-order valence-electron chi connectivity index (χ1n) is 7.41. The molecule has 1 heterocycles. The van der Waals surface area contributed by atoms with E-state index in [1.54, 1.807) is 18.2 Å². The first kappa shape index (κ1) is 16.0. The van der Waals surface area contributed by atoms with E-state index < -0.39 is 17.6 Å². The second-order valence-corrected chi connectivity index (χ2v) is 7.09. The predicted molar refractivity (Wildman–Crippen MR) is 91.0 cm³/mol. The monoisotopic (exact) mass is 375 g/mol. The fraction of sp³-hybridized carbons (Fsp3) is 0.278. The quantitative estimate of drug-likeness (QED) is 0.782.